The normalized spacial score (nSPS) is 12.5. The lowest BCUT2D eigenvalue weighted by Gasteiger charge is -2.19. The SMILES string of the molecule is C[C@@H](Nc1ccn2ncc(-c3ccn(C)c3)c2n1)c1cc(F)ccc1OCC(F)F. The van der Waals surface area contributed by atoms with Crippen LogP contribution in [0.3, 0.4) is 0 Å². The van der Waals surface area contributed by atoms with Crippen LogP contribution >= 0.6 is 0 Å². The van der Waals surface area contributed by atoms with Crippen LogP contribution in [0.4, 0.5) is 19.0 Å². The van der Waals surface area contributed by atoms with E-state index in [1.807, 2.05) is 30.1 Å². The molecule has 0 aliphatic carbocycles. The molecule has 4 aromatic rings. The minimum Gasteiger partial charge on any atom is -0.487 e. The van der Waals surface area contributed by atoms with E-state index in [9.17, 15) is 13.2 Å². The van der Waals surface area contributed by atoms with Crippen LogP contribution in [0.1, 0.15) is 18.5 Å². The highest BCUT2D eigenvalue weighted by Crippen LogP contribution is 2.30. The molecule has 30 heavy (non-hydrogen) atoms. The first-order chi connectivity index (χ1) is 14.4. The molecule has 0 spiro atoms. The van der Waals surface area contributed by atoms with Crippen molar-refractivity contribution >= 4 is 11.5 Å². The fourth-order valence-corrected chi connectivity index (χ4v) is 3.26. The maximum Gasteiger partial charge on any atom is 0.272 e. The first kappa shape index (κ1) is 19.8. The van der Waals surface area contributed by atoms with E-state index < -0.39 is 24.9 Å². The van der Waals surface area contributed by atoms with Gasteiger partial charge in [-0.1, -0.05) is 0 Å². The summed E-state index contributed by atoms with van der Waals surface area (Å²) in [6, 6.07) is 7.08. The number of alkyl halides is 2. The minimum absolute atomic E-state index is 0.201. The molecule has 0 saturated carbocycles. The second-order valence-electron chi connectivity index (χ2n) is 6.96. The third-order valence-electron chi connectivity index (χ3n) is 4.68. The molecule has 9 heteroatoms. The van der Waals surface area contributed by atoms with Crippen molar-refractivity contribution in [3.8, 4) is 16.9 Å². The van der Waals surface area contributed by atoms with Gasteiger partial charge in [-0.15, -0.1) is 0 Å². The first-order valence-corrected chi connectivity index (χ1v) is 9.34. The number of hydrogen-bond donors (Lipinski definition) is 1. The van der Waals surface area contributed by atoms with E-state index >= 15 is 0 Å². The van der Waals surface area contributed by atoms with Crippen molar-refractivity contribution in [2.75, 3.05) is 11.9 Å². The number of benzene rings is 1. The van der Waals surface area contributed by atoms with Crippen LogP contribution in [0.5, 0.6) is 5.75 Å². The van der Waals surface area contributed by atoms with E-state index in [1.54, 1.807) is 29.9 Å². The smallest absolute Gasteiger partial charge is 0.272 e. The van der Waals surface area contributed by atoms with Crippen LogP contribution in [0.2, 0.25) is 0 Å². The number of halogens is 3. The second-order valence-corrected chi connectivity index (χ2v) is 6.96. The number of nitrogens with zero attached hydrogens (tertiary/aromatic N) is 4. The molecule has 0 aliphatic heterocycles. The van der Waals surface area contributed by atoms with Gasteiger partial charge in [-0.25, -0.2) is 22.7 Å². The maximum absolute atomic E-state index is 13.8. The van der Waals surface area contributed by atoms with E-state index in [4.69, 9.17) is 4.74 Å². The molecule has 6 nitrogen and oxygen atoms in total. The van der Waals surface area contributed by atoms with E-state index in [0.717, 1.165) is 11.1 Å². The Morgan fingerprint density at radius 3 is 2.73 bits per heavy atom. The minimum atomic E-state index is -2.62. The van der Waals surface area contributed by atoms with Crippen LogP contribution in [0.25, 0.3) is 16.8 Å². The third kappa shape index (κ3) is 4.10. The highest BCUT2D eigenvalue weighted by atomic mass is 19.3. The van der Waals surface area contributed by atoms with E-state index in [1.165, 1.54) is 18.2 Å². The zero-order chi connectivity index (χ0) is 21.3. The van der Waals surface area contributed by atoms with Gasteiger partial charge in [0, 0.05) is 42.3 Å². The molecule has 3 heterocycles. The van der Waals surface area contributed by atoms with Crippen molar-refractivity contribution in [2.24, 2.45) is 7.05 Å². The lowest BCUT2D eigenvalue weighted by Crippen LogP contribution is -2.13. The average molecular weight is 415 g/mol. The lowest BCUT2D eigenvalue weighted by atomic mass is 10.1. The number of rotatable bonds is 7. The Bertz CT molecular complexity index is 1170. The Morgan fingerprint density at radius 1 is 1.17 bits per heavy atom. The van der Waals surface area contributed by atoms with Crippen LogP contribution < -0.4 is 10.1 Å². The van der Waals surface area contributed by atoms with Crippen LogP contribution in [-0.2, 0) is 7.05 Å². The molecule has 0 saturated heterocycles. The summed E-state index contributed by atoms with van der Waals surface area (Å²) in [6.07, 6.45) is 4.81. The molecule has 1 N–H and O–H groups in total. The summed E-state index contributed by atoms with van der Waals surface area (Å²) in [5.74, 6) is 0.262. The molecule has 0 unspecified atom stereocenters. The molecular weight excluding hydrogens is 395 g/mol. The van der Waals surface area contributed by atoms with Crippen LogP contribution in [-0.4, -0.2) is 32.2 Å². The molecule has 156 valence electrons. The molecule has 0 amide bonds. The lowest BCUT2D eigenvalue weighted by molar-refractivity contribution is 0.0813. The number of hydrogen-bond acceptors (Lipinski definition) is 4. The van der Waals surface area contributed by atoms with Gasteiger partial charge < -0.3 is 14.6 Å². The zero-order valence-corrected chi connectivity index (χ0v) is 16.4. The molecule has 4 rings (SSSR count). The van der Waals surface area contributed by atoms with E-state index in [2.05, 4.69) is 15.4 Å². The summed E-state index contributed by atoms with van der Waals surface area (Å²) in [5.41, 5.74) is 2.94. The van der Waals surface area contributed by atoms with Crippen molar-refractivity contribution in [1.29, 1.82) is 0 Å². The van der Waals surface area contributed by atoms with Gasteiger partial charge in [-0.2, -0.15) is 5.10 Å². The molecule has 0 aliphatic rings. The average Bonchev–Trinajstić information content (AvgIpc) is 3.32. The van der Waals surface area contributed by atoms with Gasteiger partial charge in [-0.3, -0.25) is 0 Å². The molecule has 1 atom stereocenters. The summed E-state index contributed by atoms with van der Waals surface area (Å²) in [4.78, 5) is 4.64. The standard InChI is InChI=1S/C21H20F3N5O/c1-13(16-9-15(22)3-4-18(16)30-12-19(23)24)26-20-6-8-29-21(27-20)17(10-25-29)14-5-7-28(2)11-14/h3-11,13,19H,12H2,1-2H3,(H,26,27)/t13-/m1/s1. The Kier molecular flexibility index (Phi) is 5.35. The van der Waals surface area contributed by atoms with Crippen LogP contribution in [0, 0.1) is 5.82 Å². The van der Waals surface area contributed by atoms with E-state index in [0.29, 0.717) is 17.0 Å². The van der Waals surface area contributed by atoms with Gasteiger partial charge in [-0.05, 0) is 37.3 Å². The summed E-state index contributed by atoms with van der Waals surface area (Å²) in [6.45, 7) is 1.02. The predicted octanol–water partition coefficient (Wildman–Crippen LogP) is 4.69. The fraction of sp³-hybridized carbons (Fsp3) is 0.238. The summed E-state index contributed by atoms with van der Waals surface area (Å²) in [7, 11) is 1.93. The van der Waals surface area contributed by atoms with Crippen molar-refractivity contribution in [3.63, 3.8) is 0 Å². The first-order valence-electron chi connectivity index (χ1n) is 9.34. The van der Waals surface area contributed by atoms with Crippen LogP contribution in [0.15, 0.2) is 55.1 Å². The Labute approximate surface area is 170 Å². The number of ether oxygens (including phenoxy) is 1. The Morgan fingerprint density at radius 2 is 2.00 bits per heavy atom. The number of aromatic nitrogens is 4. The molecule has 1 aromatic carbocycles. The largest absolute Gasteiger partial charge is 0.487 e. The monoisotopic (exact) mass is 415 g/mol. The molecule has 0 bridgehead atoms. The Hall–Kier alpha value is -3.49. The number of nitrogens with one attached hydrogen (secondary N) is 1. The number of aryl methyl sites for hydroxylation is 1. The summed E-state index contributed by atoms with van der Waals surface area (Å²) in [5, 5.41) is 7.51. The van der Waals surface area contributed by atoms with Crippen molar-refractivity contribution in [2.45, 2.75) is 19.4 Å². The Balaban J connectivity index is 1.62. The number of fused-ring (bicyclic) bond motifs is 1. The molecule has 0 radical (unpaired) electrons. The summed E-state index contributed by atoms with van der Waals surface area (Å²) < 4.78 is 47.6. The topological polar surface area (TPSA) is 56.4 Å². The van der Waals surface area contributed by atoms with Crippen molar-refractivity contribution in [1.82, 2.24) is 19.2 Å². The molecular formula is C21H20F3N5O. The predicted molar refractivity (Wildman–Crippen MR) is 107 cm³/mol. The van der Waals surface area contributed by atoms with Crippen molar-refractivity contribution in [3.05, 3.63) is 66.5 Å². The highest BCUT2D eigenvalue weighted by Gasteiger charge is 2.16. The second kappa shape index (κ2) is 8.10. The van der Waals surface area contributed by atoms with Gasteiger partial charge in [0.2, 0.25) is 0 Å². The quantitative estimate of drug-likeness (QED) is 0.476. The molecule has 0 fully saturated rings. The summed E-state index contributed by atoms with van der Waals surface area (Å²) >= 11 is 0. The van der Waals surface area contributed by atoms with Gasteiger partial charge in [0.15, 0.2) is 5.65 Å². The van der Waals surface area contributed by atoms with Gasteiger partial charge in [0.1, 0.15) is 24.0 Å². The van der Waals surface area contributed by atoms with Gasteiger partial charge in [0.25, 0.3) is 6.43 Å². The van der Waals surface area contributed by atoms with Gasteiger partial charge in [0.05, 0.1) is 12.2 Å². The molecule has 3 aromatic heterocycles. The van der Waals surface area contributed by atoms with E-state index in [-0.39, 0.29) is 5.75 Å². The fourth-order valence-electron chi connectivity index (χ4n) is 3.26. The van der Waals surface area contributed by atoms with Crippen molar-refractivity contribution < 1.29 is 17.9 Å². The zero-order valence-electron chi connectivity index (χ0n) is 16.4. The third-order valence-corrected chi connectivity index (χ3v) is 4.68. The maximum atomic E-state index is 13.8. The number of anilines is 1. The van der Waals surface area contributed by atoms with Gasteiger partial charge >= 0.3 is 0 Å². The highest BCUT2D eigenvalue weighted by molar-refractivity contribution is 5.77.